The van der Waals surface area contributed by atoms with E-state index in [1.165, 1.54) is 19.3 Å². The van der Waals surface area contributed by atoms with Crippen molar-refractivity contribution in [2.24, 2.45) is 0 Å². The fraction of sp³-hybridized carbons (Fsp3) is 0.538. The average molecular weight is 285 g/mol. The molecule has 0 radical (unpaired) electrons. The number of hydrogen-bond acceptors (Lipinski definition) is 2. The Kier molecular flexibility index (Phi) is 4.24. The van der Waals surface area contributed by atoms with E-state index in [4.69, 9.17) is 4.74 Å². The van der Waals surface area contributed by atoms with Crippen LogP contribution in [0.5, 0.6) is 5.75 Å². The molecule has 0 saturated heterocycles. The highest BCUT2D eigenvalue weighted by Crippen LogP contribution is 2.32. The van der Waals surface area contributed by atoms with Crippen LogP contribution in [0.2, 0.25) is 0 Å². The van der Waals surface area contributed by atoms with Gasteiger partial charge in [-0.25, -0.2) is 0 Å². The molecule has 2 nitrogen and oxygen atoms in total. The molecule has 1 saturated carbocycles. The van der Waals surface area contributed by atoms with Crippen molar-refractivity contribution < 1.29 is 9.84 Å². The molecule has 0 aromatic heterocycles. The van der Waals surface area contributed by atoms with E-state index < -0.39 is 0 Å². The van der Waals surface area contributed by atoms with Gasteiger partial charge in [-0.1, -0.05) is 18.6 Å². The van der Waals surface area contributed by atoms with Crippen molar-refractivity contribution in [2.45, 2.75) is 44.8 Å². The molecule has 0 spiro atoms. The molecular weight excluding hydrogens is 268 g/mol. The van der Waals surface area contributed by atoms with Crippen molar-refractivity contribution in [2.75, 3.05) is 0 Å². The maximum Gasteiger partial charge on any atom is 0.139 e. The van der Waals surface area contributed by atoms with E-state index in [1.807, 2.05) is 18.2 Å². The summed E-state index contributed by atoms with van der Waals surface area (Å²) in [4.78, 5) is 0. The van der Waals surface area contributed by atoms with Gasteiger partial charge in [0.05, 0.1) is 17.2 Å². The van der Waals surface area contributed by atoms with Gasteiger partial charge in [-0.05, 0) is 47.7 Å². The van der Waals surface area contributed by atoms with Gasteiger partial charge in [-0.15, -0.1) is 0 Å². The Labute approximate surface area is 105 Å². The monoisotopic (exact) mass is 284 g/mol. The SMILES string of the molecule is OCc1cccc(Br)c1OC1CCCCC1. The lowest BCUT2D eigenvalue weighted by Gasteiger charge is -2.24. The Hall–Kier alpha value is -0.540. The number of ether oxygens (including phenoxy) is 1. The molecule has 88 valence electrons. The van der Waals surface area contributed by atoms with E-state index >= 15 is 0 Å². The van der Waals surface area contributed by atoms with Gasteiger partial charge in [0.25, 0.3) is 0 Å². The Morgan fingerprint density at radius 2 is 2.00 bits per heavy atom. The van der Waals surface area contributed by atoms with Crippen molar-refractivity contribution in [1.82, 2.24) is 0 Å². The fourth-order valence-electron chi connectivity index (χ4n) is 2.16. The zero-order valence-corrected chi connectivity index (χ0v) is 10.9. The minimum absolute atomic E-state index is 0.0293. The van der Waals surface area contributed by atoms with E-state index in [0.29, 0.717) is 6.10 Å². The highest BCUT2D eigenvalue weighted by molar-refractivity contribution is 9.10. The van der Waals surface area contributed by atoms with Crippen LogP contribution in [-0.4, -0.2) is 11.2 Å². The van der Waals surface area contributed by atoms with E-state index in [-0.39, 0.29) is 6.61 Å². The van der Waals surface area contributed by atoms with E-state index in [1.54, 1.807) is 0 Å². The number of aliphatic hydroxyl groups is 1. The smallest absolute Gasteiger partial charge is 0.139 e. The average Bonchev–Trinajstić information content (AvgIpc) is 2.33. The lowest BCUT2D eigenvalue weighted by atomic mass is 9.98. The van der Waals surface area contributed by atoms with Gasteiger partial charge in [-0.3, -0.25) is 0 Å². The summed E-state index contributed by atoms with van der Waals surface area (Å²) in [7, 11) is 0. The third-order valence-corrected chi connectivity index (χ3v) is 3.68. The molecule has 1 aromatic carbocycles. The molecule has 2 rings (SSSR count). The Bertz CT molecular complexity index is 346. The van der Waals surface area contributed by atoms with Crippen molar-refractivity contribution >= 4 is 15.9 Å². The number of benzene rings is 1. The fourth-order valence-corrected chi connectivity index (χ4v) is 2.66. The van der Waals surface area contributed by atoms with Crippen LogP contribution >= 0.6 is 15.9 Å². The standard InChI is InChI=1S/C13H17BrO2/c14-12-8-4-5-10(9-15)13(12)16-11-6-2-1-3-7-11/h4-5,8,11,15H,1-3,6-7,9H2. The number of para-hydroxylation sites is 1. The predicted molar refractivity (Wildman–Crippen MR) is 67.6 cm³/mol. The predicted octanol–water partition coefficient (Wildman–Crippen LogP) is 3.65. The second-order valence-corrected chi connectivity index (χ2v) is 5.12. The summed E-state index contributed by atoms with van der Waals surface area (Å²) >= 11 is 3.48. The summed E-state index contributed by atoms with van der Waals surface area (Å²) < 4.78 is 6.94. The topological polar surface area (TPSA) is 29.5 Å². The maximum atomic E-state index is 9.27. The first kappa shape index (κ1) is 11.9. The molecule has 0 bridgehead atoms. The van der Waals surface area contributed by atoms with Crippen LogP contribution in [0.3, 0.4) is 0 Å². The zero-order valence-electron chi connectivity index (χ0n) is 9.29. The van der Waals surface area contributed by atoms with E-state index in [2.05, 4.69) is 15.9 Å². The zero-order chi connectivity index (χ0) is 11.4. The van der Waals surface area contributed by atoms with Crippen molar-refractivity contribution in [3.63, 3.8) is 0 Å². The highest BCUT2D eigenvalue weighted by atomic mass is 79.9. The van der Waals surface area contributed by atoms with Crippen LogP contribution in [0.25, 0.3) is 0 Å². The molecule has 0 unspecified atom stereocenters. The molecule has 1 aliphatic rings. The van der Waals surface area contributed by atoms with Gasteiger partial charge in [0, 0.05) is 5.56 Å². The van der Waals surface area contributed by atoms with Crippen LogP contribution in [0.1, 0.15) is 37.7 Å². The molecular formula is C13H17BrO2. The summed E-state index contributed by atoms with van der Waals surface area (Å²) in [5.41, 5.74) is 0.861. The van der Waals surface area contributed by atoms with Gasteiger partial charge < -0.3 is 9.84 Å². The quantitative estimate of drug-likeness (QED) is 0.918. The summed E-state index contributed by atoms with van der Waals surface area (Å²) in [5, 5.41) is 9.27. The Morgan fingerprint density at radius 1 is 1.25 bits per heavy atom. The largest absolute Gasteiger partial charge is 0.489 e. The highest BCUT2D eigenvalue weighted by Gasteiger charge is 2.17. The minimum Gasteiger partial charge on any atom is -0.489 e. The molecule has 0 aliphatic heterocycles. The second-order valence-electron chi connectivity index (χ2n) is 4.26. The van der Waals surface area contributed by atoms with Gasteiger partial charge >= 0.3 is 0 Å². The maximum absolute atomic E-state index is 9.27. The van der Waals surface area contributed by atoms with Gasteiger partial charge in [0.2, 0.25) is 0 Å². The first-order valence-corrected chi connectivity index (χ1v) is 6.65. The summed E-state index contributed by atoms with van der Waals surface area (Å²) in [6, 6.07) is 5.78. The first-order valence-electron chi connectivity index (χ1n) is 5.86. The van der Waals surface area contributed by atoms with Gasteiger partial charge in [-0.2, -0.15) is 0 Å². The lowest BCUT2D eigenvalue weighted by Crippen LogP contribution is -2.20. The first-order chi connectivity index (χ1) is 7.81. The normalized spacial score (nSPS) is 17.4. The Balaban J connectivity index is 2.12. The summed E-state index contributed by atoms with van der Waals surface area (Å²) in [6.07, 6.45) is 6.41. The van der Waals surface area contributed by atoms with Crippen LogP contribution in [0.15, 0.2) is 22.7 Å². The number of rotatable bonds is 3. The minimum atomic E-state index is 0.0293. The molecule has 0 heterocycles. The third kappa shape index (κ3) is 2.77. The van der Waals surface area contributed by atoms with Crippen molar-refractivity contribution in [3.05, 3.63) is 28.2 Å². The second kappa shape index (κ2) is 5.69. The number of aliphatic hydroxyl groups excluding tert-OH is 1. The van der Waals surface area contributed by atoms with Gasteiger partial charge in [0.1, 0.15) is 5.75 Å². The Morgan fingerprint density at radius 3 is 2.69 bits per heavy atom. The van der Waals surface area contributed by atoms with Gasteiger partial charge in [0.15, 0.2) is 0 Å². The molecule has 1 N–H and O–H groups in total. The molecule has 16 heavy (non-hydrogen) atoms. The lowest BCUT2D eigenvalue weighted by molar-refractivity contribution is 0.149. The van der Waals surface area contributed by atoms with Crippen molar-refractivity contribution in [1.29, 1.82) is 0 Å². The van der Waals surface area contributed by atoms with Crippen LogP contribution in [0, 0.1) is 0 Å². The molecule has 0 atom stereocenters. The van der Waals surface area contributed by atoms with Crippen LogP contribution in [-0.2, 0) is 6.61 Å². The summed E-state index contributed by atoms with van der Waals surface area (Å²) in [5.74, 6) is 0.817. The summed E-state index contributed by atoms with van der Waals surface area (Å²) in [6.45, 7) is 0.0293. The third-order valence-electron chi connectivity index (χ3n) is 3.06. The number of halogens is 1. The van der Waals surface area contributed by atoms with Crippen molar-refractivity contribution in [3.8, 4) is 5.75 Å². The molecule has 3 heteroatoms. The molecule has 1 aromatic rings. The van der Waals surface area contributed by atoms with Crippen LogP contribution < -0.4 is 4.74 Å². The number of hydrogen-bond donors (Lipinski definition) is 1. The molecule has 1 fully saturated rings. The van der Waals surface area contributed by atoms with E-state index in [9.17, 15) is 5.11 Å². The van der Waals surface area contributed by atoms with E-state index in [0.717, 1.165) is 28.6 Å². The molecule has 0 amide bonds. The van der Waals surface area contributed by atoms with Crippen LogP contribution in [0.4, 0.5) is 0 Å². The molecule has 1 aliphatic carbocycles.